The smallest absolute Gasteiger partial charge is 0.119 e. The van der Waals surface area contributed by atoms with Gasteiger partial charge >= 0.3 is 0 Å². The molecule has 0 aliphatic heterocycles. The summed E-state index contributed by atoms with van der Waals surface area (Å²) in [6, 6.07) is 9.11. The Bertz CT molecular complexity index is 373. The summed E-state index contributed by atoms with van der Waals surface area (Å²) in [5.41, 5.74) is 1.37. The fourth-order valence-electron chi connectivity index (χ4n) is 2.37. The Morgan fingerprint density at radius 3 is 2.50 bits per heavy atom. The van der Waals surface area contributed by atoms with E-state index in [1.165, 1.54) is 18.4 Å². The molecule has 0 aliphatic carbocycles. The van der Waals surface area contributed by atoms with Gasteiger partial charge in [-0.1, -0.05) is 32.9 Å². The number of aryl methyl sites for hydroxylation is 1. The molecule has 20 heavy (non-hydrogen) atoms. The molecule has 1 N–H and O–H groups in total. The maximum absolute atomic E-state index is 5.76. The second-order valence-corrected chi connectivity index (χ2v) is 6.16. The van der Waals surface area contributed by atoms with E-state index in [0.717, 1.165) is 18.7 Å². The molecule has 0 fully saturated rings. The van der Waals surface area contributed by atoms with E-state index in [9.17, 15) is 0 Å². The summed E-state index contributed by atoms with van der Waals surface area (Å²) in [4.78, 5) is 0. The van der Waals surface area contributed by atoms with Gasteiger partial charge in [0.2, 0.25) is 0 Å². The second kappa shape index (κ2) is 9.02. The van der Waals surface area contributed by atoms with Crippen LogP contribution in [0.3, 0.4) is 0 Å². The summed E-state index contributed by atoms with van der Waals surface area (Å²) in [6.45, 7) is 12.1. The normalized spacial score (nSPS) is 12.9. The summed E-state index contributed by atoms with van der Waals surface area (Å²) >= 11 is 0. The molecule has 1 unspecified atom stereocenters. The van der Waals surface area contributed by atoms with Crippen LogP contribution in [0.25, 0.3) is 0 Å². The SMILES string of the molecule is CCCNC(CCc1cccc(OC(C)C)c1)C(C)C. The van der Waals surface area contributed by atoms with Gasteiger partial charge in [-0.15, -0.1) is 0 Å². The van der Waals surface area contributed by atoms with Crippen LogP contribution in [0.4, 0.5) is 0 Å². The second-order valence-electron chi connectivity index (χ2n) is 6.16. The van der Waals surface area contributed by atoms with E-state index in [2.05, 4.69) is 58.1 Å². The number of hydrogen-bond acceptors (Lipinski definition) is 2. The van der Waals surface area contributed by atoms with Crippen LogP contribution in [0.5, 0.6) is 5.75 Å². The molecule has 0 amide bonds. The zero-order valence-electron chi connectivity index (χ0n) is 13.8. The molecule has 0 spiro atoms. The lowest BCUT2D eigenvalue weighted by Gasteiger charge is -2.22. The van der Waals surface area contributed by atoms with E-state index in [0.29, 0.717) is 12.0 Å². The van der Waals surface area contributed by atoms with Crippen molar-refractivity contribution in [3.63, 3.8) is 0 Å². The molecule has 1 rings (SSSR count). The predicted molar refractivity (Wildman–Crippen MR) is 87.4 cm³/mol. The fourth-order valence-corrected chi connectivity index (χ4v) is 2.37. The average molecular weight is 277 g/mol. The molecule has 2 heteroatoms. The van der Waals surface area contributed by atoms with Gasteiger partial charge in [-0.2, -0.15) is 0 Å². The van der Waals surface area contributed by atoms with Gasteiger partial charge < -0.3 is 10.1 Å². The van der Waals surface area contributed by atoms with E-state index in [4.69, 9.17) is 4.74 Å². The first kappa shape index (κ1) is 17.0. The number of ether oxygens (including phenoxy) is 1. The van der Waals surface area contributed by atoms with Crippen LogP contribution in [0.1, 0.15) is 53.0 Å². The number of hydrogen-bond donors (Lipinski definition) is 1. The van der Waals surface area contributed by atoms with Gasteiger partial charge in [0.1, 0.15) is 5.75 Å². The Labute approximate surface area is 124 Å². The lowest BCUT2D eigenvalue weighted by molar-refractivity contribution is 0.242. The molecular weight excluding hydrogens is 246 g/mol. The van der Waals surface area contributed by atoms with Crippen molar-refractivity contribution >= 4 is 0 Å². The van der Waals surface area contributed by atoms with Crippen molar-refractivity contribution < 1.29 is 4.74 Å². The monoisotopic (exact) mass is 277 g/mol. The van der Waals surface area contributed by atoms with Crippen LogP contribution < -0.4 is 10.1 Å². The molecule has 0 aromatic heterocycles. The summed E-state index contributed by atoms with van der Waals surface area (Å²) < 4.78 is 5.76. The molecule has 0 saturated heterocycles. The van der Waals surface area contributed by atoms with Crippen molar-refractivity contribution in [3.8, 4) is 5.75 Å². The van der Waals surface area contributed by atoms with Gasteiger partial charge in [0.15, 0.2) is 0 Å². The minimum absolute atomic E-state index is 0.236. The molecule has 0 saturated carbocycles. The molecule has 0 heterocycles. The molecule has 1 atom stereocenters. The van der Waals surface area contributed by atoms with Crippen LogP contribution in [0, 0.1) is 5.92 Å². The van der Waals surface area contributed by atoms with Crippen LogP contribution in [0.2, 0.25) is 0 Å². The standard InChI is InChI=1S/C18H31NO/c1-6-12-19-18(14(2)3)11-10-16-8-7-9-17(13-16)20-15(4)5/h7-9,13-15,18-19H,6,10-12H2,1-5H3. The first-order valence-corrected chi connectivity index (χ1v) is 8.02. The molecular formula is C18H31NO. The van der Waals surface area contributed by atoms with E-state index >= 15 is 0 Å². The zero-order chi connectivity index (χ0) is 15.0. The van der Waals surface area contributed by atoms with Gasteiger partial charge in [-0.25, -0.2) is 0 Å². The van der Waals surface area contributed by atoms with Gasteiger partial charge in [0, 0.05) is 6.04 Å². The minimum atomic E-state index is 0.236. The molecule has 0 bridgehead atoms. The maximum atomic E-state index is 5.76. The van der Waals surface area contributed by atoms with E-state index < -0.39 is 0 Å². The lowest BCUT2D eigenvalue weighted by Crippen LogP contribution is -2.34. The summed E-state index contributed by atoms with van der Waals surface area (Å²) in [7, 11) is 0. The Morgan fingerprint density at radius 2 is 1.90 bits per heavy atom. The third-order valence-electron chi connectivity index (χ3n) is 3.48. The molecule has 1 aromatic carbocycles. The minimum Gasteiger partial charge on any atom is -0.491 e. The first-order chi connectivity index (χ1) is 9.52. The Kier molecular flexibility index (Phi) is 7.68. The summed E-state index contributed by atoms with van der Waals surface area (Å²) in [5, 5.41) is 3.65. The molecule has 2 nitrogen and oxygen atoms in total. The number of benzene rings is 1. The Hall–Kier alpha value is -1.02. The highest BCUT2D eigenvalue weighted by Gasteiger charge is 2.12. The zero-order valence-corrected chi connectivity index (χ0v) is 13.8. The van der Waals surface area contributed by atoms with E-state index in [-0.39, 0.29) is 6.10 Å². The molecule has 1 aromatic rings. The largest absolute Gasteiger partial charge is 0.491 e. The van der Waals surface area contributed by atoms with Crippen molar-refractivity contribution in [3.05, 3.63) is 29.8 Å². The summed E-state index contributed by atoms with van der Waals surface area (Å²) in [5.74, 6) is 1.66. The topological polar surface area (TPSA) is 21.3 Å². The Balaban J connectivity index is 2.54. The lowest BCUT2D eigenvalue weighted by atomic mass is 9.96. The van der Waals surface area contributed by atoms with Crippen molar-refractivity contribution in [2.24, 2.45) is 5.92 Å². The van der Waals surface area contributed by atoms with E-state index in [1.807, 2.05) is 6.07 Å². The van der Waals surface area contributed by atoms with Crippen LogP contribution in [-0.2, 0) is 6.42 Å². The predicted octanol–water partition coefficient (Wildman–Crippen LogP) is 4.43. The first-order valence-electron chi connectivity index (χ1n) is 8.02. The number of nitrogens with one attached hydrogen (secondary N) is 1. The van der Waals surface area contributed by atoms with Gasteiger partial charge in [0.05, 0.1) is 6.10 Å². The van der Waals surface area contributed by atoms with Gasteiger partial charge in [0.25, 0.3) is 0 Å². The summed E-state index contributed by atoms with van der Waals surface area (Å²) in [6.07, 6.45) is 3.72. The maximum Gasteiger partial charge on any atom is 0.119 e. The van der Waals surface area contributed by atoms with E-state index in [1.54, 1.807) is 0 Å². The highest BCUT2D eigenvalue weighted by atomic mass is 16.5. The van der Waals surface area contributed by atoms with Crippen molar-refractivity contribution in [2.45, 2.75) is 66.0 Å². The fraction of sp³-hybridized carbons (Fsp3) is 0.667. The van der Waals surface area contributed by atoms with Crippen LogP contribution in [0.15, 0.2) is 24.3 Å². The van der Waals surface area contributed by atoms with Crippen LogP contribution >= 0.6 is 0 Å². The molecule has 0 radical (unpaired) electrons. The van der Waals surface area contributed by atoms with Gasteiger partial charge in [-0.3, -0.25) is 0 Å². The third-order valence-corrected chi connectivity index (χ3v) is 3.48. The molecule has 0 aliphatic rings. The van der Waals surface area contributed by atoms with Gasteiger partial charge in [-0.05, 0) is 63.3 Å². The highest BCUT2D eigenvalue weighted by molar-refractivity contribution is 5.28. The quantitative estimate of drug-likeness (QED) is 0.721. The average Bonchev–Trinajstić information content (AvgIpc) is 2.38. The van der Waals surface area contributed by atoms with Crippen molar-refractivity contribution in [1.29, 1.82) is 0 Å². The third kappa shape index (κ3) is 6.42. The molecule has 114 valence electrons. The Morgan fingerprint density at radius 1 is 1.15 bits per heavy atom. The van der Waals surface area contributed by atoms with Crippen molar-refractivity contribution in [2.75, 3.05) is 6.54 Å². The number of rotatable bonds is 9. The highest BCUT2D eigenvalue weighted by Crippen LogP contribution is 2.18. The van der Waals surface area contributed by atoms with Crippen LogP contribution in [-0.4, -0.2) is 18.7 Å². The van der Waals surface area contributed by atoms with Crippen molar-refractivity contribution in [1.82, 2.24) is 5.32 Å².